The van der Waals surface area contributed by atoms with Gasteiger partial charge in [-0.1, -0.05) is 49.6 Å². The maximum atomic E-state index is 12.5. The molecule has 2 aromatic carbocycles. The minimum absolute atomic E-state index is 0.0677. The quantitative estimate of drug-likeness (QED) is 0.702. The summed E-state index contributed by atoms with van der Waals surface area (Å²) in [6, 6.07) is 13.0. The lowest BCUT2D eigenvalue weighted by Crippen LogP contribution is -2.31. The van der Waals surface area contributed by atoms with E-state index in [1.807, 2.05) is 44.2 Å². The fourth-order valence-electron chi connectivity index (χ4n) is 4.22. The van der Waals surface area contributed by atoms with Crippen molar-refractivity contribution in [1.82, 2.24) is 5.32 Å². The number of hydrogen-bond donors (Lipinski definition) is 1. The molecule has 0 bridgehead atoms. The number of nitrogens with one attached hydrogen (secondary N) is 1. The number of anilines is 1. The van der Waals surface area contributed by atoms with Gasteiger partial charge in [0.2, 0.25) is 10.0 Å². The molecular weight excluding hydrogens is 396 g/mol. The van der Waals surface area contributed by atoms with Gasteiger partial charge in [-0.2, -0.15) is 0 Å². The first-order chi connectivity index (χ1) is 14.3. The summed E-state index contributed by atoms with van der Waals surface area (Å²) in [4.78, 5) is 12.5. The molecule has 0 radical (unpaired) electrons. The topological polar surface area (TPSA) is 66.5 Å². The highest BCUT2D eigenvalue weighted by Crippen LogP contribution is 2.28. The van der Waals surface area contributed by atoms with Crippen LogP contribution >= 0.6 is 0 Å². The summed E-state index contributed by atoms with van der Waals surface area (Å²) in [6.07, 6.45) is 7.43. The summed E-state index contributed by atoms with van der Waals surface area (Å²) in [6.45, 7) is 4.80. The largest absolute Gasteiger partial charge is 0.352 e. The van der Waals surface area contributed by atoms with Crippen molar-refractivity contribution in [2.24, 2.45) is 5.92 Å². The van der Waals surface area contributed by atoms with Gasteiger partial charge in [0.05, 0.1) is 18.5 Å². The molecule has 0 atom stereocenters. The highest BCUT2D eigenvalue weighted by Gasteiger charge is 2.21. The Balaban J connectivity index is 1.70. The van der Waals surface area contributed by atoms with Gasteiger partial charge < -0.3 is 5.32 Å². The van der Waals surface area contributed by atoms with E-state index in [1.54, 1.807) is 12.1 Å². The van der Waals surface area contributed by atoms with E-state index in [9.17, 15) is 13.2 Å². The van der Waals surface area contributed by atoms with Crippen molar-refractivity contribution >= 4 is 21.6 Å². The number of carbonyl (C=O) groups is 1. The molecule has 0 aliphatic heterocycles. The maximum absolute atomic E-state index is 12.5. The third-order valence-corrected chi connectivity index (χ3v) is 7.02. The van der Waals surface area contributed by atoms with Gasteiger partial charge in [-0.15, -0.1) is 0 Å². The lowest BCUT2D eigenvalue weighted by Gasteiger charge is -2.26. The molecule has 0 saturated heterocycles. The van der Waals surface area contributed by atoms with E-state index in [1.165, 1.54) is 42.7 Å². The SMILES string of the molecule is Cc1cccc(C)c1N(Cc1ccc(C(=O)NCC2CCCCC2)cc1)S(C)(=O)=O. The number of hydrogen-bond acceptors (Lipinski definition) is 3. The maximum Gasteiger partial charge on any atom is 0.251 e. The third kappa shape index (κ3) is 5.63. The van der Waals surface area contributed by atoms with Crippen LogP contribution in [-0.2, 0) is 16.6 Å². The monoisotopic (exact) mass is 428 g/mol. The summed E-state index contributed by atoms with van der Waals surface area (Å²) < 4.78 is 26.5. The zero-order chi connectivity index (χ0) is 21.7. The van der Waals surface area contributed by atoms with E-state index in [-0.39, 0.29) is 12.5 Å². The molecule has 3 rings (SSSR count). The molecule has 30 heavy (non-hydrogen) atoms. The molecule has 1 aliphatic carbocycles. The van der Waals surface area contributed by atoms with E-state index in [4.69, 9.17) is 0 Å². The number of para-hydroxylation sites is 1. The fraction of sp³-hybridized carbons (Fsp3) is 0.458. The molecular formula is C24H32N2O3S. The van der Waals surface area contributed by atoms with Gasteiger partial charge in [-0.25, -0.2) is 8.42 Å². The summed E-state index contributed by atoms with van der Waals surface area (Å²) in [5.41, 5.74) is 3.99. The zero-order valence-corrected chi connectivity index (χ0v) is 19.0. The van der Waals surface area contributed by atoms with Crippen LogP contribution in [0.25, 0.3) is 0 Å². The van der Waals surface area contributed by atoms with Crippen LogP contribution in [0.1, 0.15) is 59.2 Å². The molecule has 162 valence electrons. The van der Waals surface area contributed by atoms with Crippen LogP contribution in [0.2, 0.25) is 0 Å². The van der Waals surface area contributed by atoms with E-state index < -0.39 is 10.0 Å². The number of carbonyl (C=O) groups excluding carboxylic acids is 1. The average Bonchev–Trinajstić information content (AvgIpc) is 2.71. The van der Waals surface area contributed by atoms with Crippen LogP contribution in [0.5, 0.6) is 0 Å². The summed E-state index contributed by atoms with van der Waals surface area (Å²) in [7, 11) is -3.45. The first-order valence-corrected chi connectivity index (χ1v) is 12.5. The van der Waals surface area contributed by atoms with E-state index in [0.717, 1.165) is 23.2 Å². The van der Waals surface area contributed by atoms with Crippen molar-refractivity contribution in [3.8, 4) is 0 Å². The highest BCUT2D eigenvalue weighted by molar-refractivity contribution is 7.92. The van der Waals surface area contributed by atoms with Crippen molar-refractivity contribution < 1.29 is 13.2 Å². The van der Waals surface area contributed by atoms with Crippen LogP contribution in [0.15, 0.2) is 42.5 Å². The lowest BCUT2D eigenvalue weighted by molar-refractivity contribution is 0.0943. The Bertz CT molecular complexity index is 958. The van der Waals surface area contributed by atoms with Crippen LogP contribution in [0, 0.1) is 19.8 Å². The van der Waals surface area contributed by atoms with Crippen molar-refractivity contribution in [1.29, 1.82) is 0 Å². The number of nitrogens with zero attached hydrogens (tertiary/aromatic N) is 1. The zero-order valence-electron chi connectivity index (χ0n) is 18.1. The lowest BCUT2D eigenvalue weighted by atomic mass is 9.89. The van der Waals surface area contributed by atoms with E-state index in [2.05, 4.69) is 5.32 Å². The molecule has 0 heterocycles. The Kier molecular flexibility index (Phi) is 7.19. The van der Waals surface area contributed by atoms with Gasteiger partial charge >= 0.3 is 0 Å². The molecule has 1 saturated carbocycles. The fourth-order valence-corrected chi connectivity index (χ4v) is 5.22. The molecule has 1 aliphatic rings. The van der Waals surface area contributed by atoms with Crippen molar-refractivity contribution in [3.63, 3.8) is 0 Å². The second kappa shape index (κ2) is 9.65. The second-order valence-corrected chi connectivity index (χ2v) is 10.3. The van der Waals surface area contributed by atoms with Crippen molar-refractivity contribution in [3.05, 3.63) is 64.7 Å². The Morgan fingerprint density at radius 3 is 2.17 bits per heavy atom. The molecule has 6 heteroatoms. The van der Waals surface area contributed by atoms with Gasteiger partial charge in [0.1, 0.15) is 0 Å². The van der Waals surface area contributed by atoms with E-state index in [0.29, 0.717) is 17.2 Å². The summed E-state index contributed by atoms with van der Waals surface area (Å²) in [5, 5.41) is 3.05. The Labute approximate surface area is 180 Å². The normalized spacial score (nSPS) is 15.0. The molecule has 2 aromatic rings. The number of amides is 1. The summed E-state index contributed by atoms with van der Waals surface area (Å²) >= 11 is 0. The standard InChI is InChI=1S/C24H32N2O3S/c1-18-8-7-9-19(2)23(18)26(30(3,28)29)17-21-12-14-22(15-13-21)24(27)25-16-20-10-5-4-6-11-20/h7-9,12-15,20H,4-6,10-11,16-17H2,1-3H3,(H,25,27). The van der Waals surface area contributed by atoms with Crippen molar-refractivity contribution in [2.75, 3.05) is 17.1 Å². The van der Waals surface area contributed by atoms with Crippen LogP contribution in [0.3, 0.4) is 0 Å². The van der Waals surface area contributed by atoms with Gasteiger partial charge in [0, 0.05) is 12.1 Å². The average molecular weight is 429 g/mol. The van der Waals surface area contributed by atoms with Gasteiger partial charge in [-0.3, -0.25) is 9.10 Å². The molecule has 5 nitrogen and oxygen atoms in total. The van der Waals surface area contributed by atoms with Gasteiger partial charge in [0.25, 0.3) is 5.91 Å². The van der Waals surface area contributed by atoms with Crippen LogP contribution < -0.4 is 9.62 Å². The van der Waals surface area contributed by atoms with Gasteiger partial charge in [0.15, 0.2) is 0 Å². The van der Waals surface area contributed by atoms with Crippen molar-refractivity contribution in [2.45, 2.75) is 52.5 Å². The smallest absolute Gasteiger partial charge is 0.251 e. The van der Waals surface area contributed by atoms with Crippen LogP contribution in [0.4, 0.5) is 5.69 Å². The number of rotatable bonds is 7. The number of sulfonamides is 1. The third-order valence-electron chi connectivity index (χ3n) is 5.91. The second-order valence-electron chi connectivity index (χ2n) is 8.42. The number of benzene rings is 2. The number of aryl methyl sites for hydroxylation is 2. The predicted molar refractivity (Wildman–Crippen MR) is 122 cm³/mol. The highest BCUT2D eigenvalue weighted by atomic mass is 32.2. The predicted octanol–water partition coefficient (Wildman–Crippen LogP) is 4.58. The van der Waals surface area contributed by atoms with Crippen LogP contribution in [-0.4, -0.2) is 27.1 Å². The minimum Gasteiger partial charge on any atom is -0.352 e. The Morgan fingerprint density at radius 2 is 1.60 bits per heavy atom. The molecule has 1 N–H and O–H groups in total. The summed E-state index contributed by atoms with van der Waals surface area (Å²) in [5.74, 6) is 0.518. The molecule has 1 amide bonds. The minimum atomic E-state index is -3.45. The Hall–Kier alpha value is -2.34. The molecule has 0 spiro atoms. The molecule has 0 unspecified atom stereocenters. The van der Waals surface area contributed by atoms with E-state index >= 15 is 0 Å². The Morgan fingerprint density at radius 1 is 1.00 bits per heavy atom. The molecule has 1 fully saturated rings. The first-order valence-electron chi connectivity index (χ1n) is 10.7. The first kappa shape index (κ1) is 22.3. The molecule has 0 aromatic heterocycles. The van der Waals surface area contributed by atoms with Gasteiger partial charge in [-0.05, 0) is 61.4 Å².